The van der Waals surface area contributed by atoms with E-state index in [0.29, 0.717) is 37.0 Å². The minimum Gasteiger partial charge on any atom is -0.497 e. The van der Waals surface area contributed by atoms with Gasteiger partial charge in [0.2, 0.25) is 5.95 Å². The summed E-state index contributed by atoms with van der Waals surface area (Å²) in [7, 11) is 1.61. The van der Waals surface area contributed by atoms with E-state index in [1.165, 1.54) is 12.4 Å². The zero-order chi connectivity index (χ0) is 19.6. The molecule has 0 aliphatic heterocycles. The average Bonchev–Trinajstić information content (AvgIpc) is 2.76. The summed E-state index contributed by atoms with van der Waals surface area (Å²) >= 11 is 0. The lowest BCUT2D eigenvalue weighted by atomic mass is 10.3. The van der Waals surface area contributed by atoms with E-state index in [0.717, 1.165) is 11.3 Å². The number of carbonyl (C=O) groups excluding carboxylic acids is 1. The molecule has 0 radical (unpaired) electrons. The summed E-state index contributed by atoms with van der Waals surface area (Å²) in [4.78, 5) is 24.5. The third kappa shape index (κ3) is 5.66. The minimum atomic E-state index is -0.253. The fourth-order valence-electron chi connectivity index (χ4n) is 2.33. The molecule has 3 aromatic rings. The molecule has 0 fully saturated rings. The van der Waals surface area contributed by atoms with E-state index in [1.54, 1.807) is 19.5 Å². The van der Waals surface area contributed by atoms with Gasteiger partial charge in [-0.25, -0.2) is 9.97 Å². The molecule has 0 saturated heterocycles. The van der Waals surface area contributed by atoms with Crippen molar-refractivity contribution in [2.75, 3.05) is 25.6 Å². The van der Waals surface area contributed by atoms with Crippen molar-refractivity contribution in [3.8, 4) is 11.5 Å². The molecule has 0 spiro atoms. The van der Waals surface area contributed by atoms with Gasteiger partial charge in [0.25, 0.3) is 5.91 Å². The summed E-state index contributed by atoms with van der Waals surface area (Å²) in [6, 6.07) is 11.1. The maximum atomic E-state index is 12.1. The number of hydrogen-bond acceptors (Lipinski definition) is 7. The van der Waals surface area contributed by atoms with E-state index in [4.69, 9.17) is 9.47 Å². The van der Waals surface area contributed by atoms with Crippen molar-refractivity contribution in [1.29, 1.82) is 0 Å². The van der Waals surface area contributed by atoms with Crippen molar-refractivity contribution < 1.29 is 14.3 Å². The van der Waals surface area contributed by atoms with Gasteiger partial charge in [-0.15, -0.1) is 0 Å². The number of carbonyl (C=O) groups is 1. The van der Waals surface area contributed by atoms with Crippen molar-refractivity contribution in [1.82, 2.24) is 20.3 Å². The second-order valence-corrected chi connectivity index (χ2v) is 5.79. The first-order chi connectivity index (χ1) is 13.7. The van der Waals surface area contributed by atoms with Crippen molar-refractivity contribution >= 4 is 11.9 Å². The number of nitrogens with one attached hydrogen (secondary N) is 2. The molecule has 28 heavy (non-hydrogen) atoms. The first-order valence-corrected chi connectivity index (χ1v) is 8.74. The van der Waals surface area contributed by atoms with Crippen LogP contribution in [0.5, 0.6) is 11.5 Å². The lowest BCUT2D eigenvalue weighted by Gasteiger charge is -2.09. The predicted molar refractivity (Wildman–Crippen MR) is 104 cm³/mol. The van der Waals surface area contributed by atoms with Crippen LogP contribution in [-0.2, 0) is 6.54 Å². The van der Waals surface area contributed by atoms with Crippen LogP contribution in [0.1, 0.15) is 15.9 Å². The highest BCUT2D eigenvalue weighted by Crippen LogP contribution is 2.16. The number of ether oxygens (including phenoxy) is 2. The van der Waals surface area contributed by atoms with E-state index in [9.17, 15) is 4.79 Å². The minimum absolute atomic E-state index is 0.253. The van der Waals surface area contributed by atoms with Crippen LogP contribution in [0.15, 0.2) is 61.2 Å². The number of methoxy groups -OCH3 is 1. The van der Waals surface area contributed by atoms with Gasteiger partial charge in [-0.1, -0.05) is 6.07 Å². The summed E-state index contributed by atoms with van der Waals surface area (Å²) < 4.78 is 10.7. The zero-order valence-corrected chi connectivity index (χ0v) is 15.5. The monoisotopic (exact) mass is 379 g/mol. The molecule has 0 atom stereocenters. The SMILES string of the molecule is COc1ccc(OCCNC(=O)c2cnc(NCc3cccnc3)nc2)cc1. The molecule has 3 rings (SSSR count). The largest absolute Gasteiger partial charge is 0.497 e. The van der Waals surface area contributed by atoms with Crippen LogP contribution in [0.2, 0.25) is 0 Å². The summed E-state index contributed by atoms with van der Waals surface area (Å²) in [5.74, 6) is 1.67. The number of rotatable bonds is 9. The normalized spacial score (nSPS) is 10.2. The van der Waals surface area contributed by atoms with Crippen molar-refractivity contribution in [2.45, 2.75) is 6.54 Å². The van der Waals surface area contributed by atoms with Gasteiger partial charge in [0.1, 0.15) is 18.1 Å². The number of anilines is 1. The highest BCUT2D eigenvalue weighted by molar-refractivity contribution is 5.93. The van der Waals surface area contributed by atoms with Gasteiger partial charge in [-0.05, 0) is 35.9 Å². The number of hydrogen-bond donors (Lipinski definition) is 2. The standard InChI is InChI=1S/C20H21N5O3/c1-27-17-4-6-18(7-5-17)28-10-9-22-19(26)16-13-24-20(25-14-16)23-12-15-3-2-8-21-11-15/h2-8,11,13-14H,9-10,12H2,1H3,(H,22,26)(H,23,24,25). The Kier molecular flexibility index (Phi) is 6.73. The maximum absolute atomic E-state index is 12.1. The smallest absolute Gasteiger partial charge is 0.254 e. The van der Waals surface area contributed by atoms with Crippen LogP contribution in [0.3, 0.4) is 0 Å². The summed E-state index contributed by atoms with van der Waals surface area (Å²) in [6.45, 7) is 1.28. The van der Waals surface area contributed by atoms with E-state index in [-0.39, 0.29) is 5.91 Å². The third-order valence-corrected chi connectivity index (χ3v) is 3.80. The van der Waals surface area contributed by atoms with Gasteiger partial charge in [0.15, 0.2) is 0 Å². The molecular weight excluding hydrogens is 358 g/mol. The summed E-state index contributed by atoms with van der Waals surface area (Å²) in [6.07, 6.45) is 6.45. The summed E-state index contributed by atoms with van der Waals surface area (Å²) in [5, 5.41) is 5.85. The van der Waals surface area contributed by atoms with Crippen LogP contribution >= 0.6 is 0 Å². The molecule has 0 aliphatic rings. The lowest BCUT2D eigenvalue weighted by Crippen LogP contribution is -2.28. The Bertz CT molecular complexity index is 871. The molecule has 0 aliphatic carbocycles. The molecule has 2 N–H and O–H groups in total. The van der Waals surface area contributed by atoms with E-state index >= 15 is 0 Å². The van der Waals surface area contributed by atoms with E-state index in [1.807, 2.05) is 36.4 Å². The first kappa shape index (κ1) is 19.1. The van der Waals surface area contributed by atoms with Crippen molar-refractivity contribution in [3.63, 3.8) is 0 Å². The molecule has 0 unspecified atom stereocenters. The maximum Gasteiger partial charge on any atom is 0.254 e. The van der Waals surface area contributed by atoms with Crippen molar-refractivity contribution in [2.24, 2.45) is 0 Å². The Labute approximate surface area is 163 Å². The highest BCUT2D eigenvalue weighted by Gasteiger charge is 2.07. The Morgan fingerprint density at radius 3 is 2.46 bits per heavy atom. The number of amides is 1. The second kappa shape index (κ2) is 9.86. The number of benzene rings is 1. The predicted octanol–water partition coefficient (Wildman–Crippen LogP) is 2.30. The zero-order valence-electron chi connectivity index (χ0n) is 15.5. The Hall–Kier alpha value is -3.68. The van der Waals surface area contributed by atoms with Gasteiger partial charge >= 0.3 is 0 Å². The molecule has 144 valence electrons. The fourth-order valence-corrected chi connectivity index (χ4v) is 2.33. The lowest BCUT2D eigenvalue weighted by molar-refractivity contribution is 0.0946. The van der Waals surface area contributed by atoms with Crippen LogP contribution < -0.4 is 20.1 Å². The number of aromatic nitrogens is 3. The van der Waals surface area contributed by atoms with Gasteiger partial charge < -0.3 is 20.1 Å². The van der Waals surface area contributed by atoms with Gasteiger partial charge in [-0.2, -0.15) is 0 Å². The molecule has 1 aromatic carbocycles. The topological polar surface area (TPSA) is 98.3 Å². The fraction of sp³-hybridized carbons (Fsp3) is 0.200. The Balaban J connectivity index is 1.40. The average molecular weight is 379 g/mol. The van der Waals surface area contributed by atoms with Crippen LogP contribution in [0, 0.1) is 0 Å². The molecule has 2 aromatic heterocycles. The van der Waals surface area contributed by atoms with E-state index < -0.39 is 0 Å². The van der Waals surface area contributed by atoms with Gasteiger partial charge in [0.05, 0.1) is 19.2 Å². The molecule has 0 saturated carbocycles. The number of nitrogens with zero attached hydrogens (tertiary/aromatic N) is 3. The molecule has 2 heterocycles. The van der Waals surface area contributed by atoms with Crippen molar-refractivity contribution in [3.05, 3.63) is 72.3 Å². The van der Waals surface area contributed by atoms with Crippen LogP contribution in [0.25, 0.3) is 0 Å². The third-order valence-electron chi connectivity index (χ3n) is 3.80. The second-order valence-electron chi connectivity index (χ2n) is 5.79. The van der Waals surface area contributed by atoms with Crippen LogP contribution in [0.4, 0.5) is 5.95 Å². The quantitative estimate of drug-likeness (QED) is 0.551. The number of pyridine rings is 1. The molecule has 8 heteroatoms. The molecule has 1 amide bonds. The Morgan fingerprint density at radius 2 is 1.79 bits per heavy atom. The summed E-state index contributed by atoms with van der Waals surface area (Å²) in [5.41, 5.74) is 1.40. The van der Waals surface area contributed by atoms with E-state index in [2.05, 4.69) is 25.6 Å². The van der Waals surface area contributed by atoms with Gasteiger partial charge in [-0.3, -0.25) is 9.78 Å². The van der Waals surface area contributed by atoms with Crippen LogP contribution in [-0.4, -0.2) is 41.1 Å². The van der Waals surface area contributed by atoms with Gasteiger partial charge in [0, 0.05) is 31.3 Å². The highest BCUT2D eigenvalue weighted by atomic mass is 16.5. The molecule has 0 bridgehead atoms. The Morgan fingerprint density at radius 1 is 1.04 bits per heavy atom. The molecule has 8 nitrogen and oxygen atoms in total. The molecular formula is C20H21N5O3. The first-order valence-electron chi connectivity index (χ1n) is 8.74.